The molecule has 8 rings (SSSR count). The largest absolute Gasteiger partial charge is 0.464 e. The highest BCUT2D eigenvalue weighted by Gasteiger charge is 2.23. The molecule has 0 fully saturated rings. The average Bonchev–Trinajstić information content (AvgIpc) is 3.61. The van der Waals surface area contributed by atoms with E-state index in [1.165, 1.54) is 12.1 Å². The smallest absolute Gasteiger partial charge is 0.149 e. The number of benzene rings is 6. The highest BCUT2D eigenvalue weighted by molar-refractivity contribution is 6.04. The predicted molar refractivity (Wildman–Crippen MR) is 165 cm³/mol. The van der Waals surface area contributed by atoms with E-state index in [4.69, 9.17) is 9.40 Å². The Bertz CT molecular complexity index is 2150. The van der Waals surface area contributed by atoms with Crippen molar-refractivity contribution in [1.29, 1.82) is 0 Å². The number of aromatic nitrogens is 2. The molecule has 0 aliphatic carbocycles. The molecule has 0 N–H and O–H groups in total. The van der Waals surface area contributed by atoms with Gasteiger partial charge in [-0.3, -0.25) is 4.57 Å². The second-order valence-electron chi connectivity index (χ2n) is 10.2. The maximum absolute atomic E-state index is 14.0. The number of imidazole rings is 1. The lowest BCUT2D eigenvalue weighted by molar-refractivity contribution is 0.616. The molecule has 0 aliphatic heterocycles. The van der Waals surface area contributed by atoms with E-state index in [1.54, 1.807) is 6.26 Å². The van der Waals surface area contributed by atoms with Crippen molar-refractivity contribution in [1.82, 2.24) is 9.55 Å². The van der Waals surface area contributed by atoms with Crippen LogP contribution in [0.4, 0.5) is 4.39 Å². The number of halogens is 1. The highest BCUT2D eigenvalue weighted by atomic mass is 19.1. The molecule has 41 heavy (non-hydrogen) atoms. The molecule has 3 nitrogen and oxygen atoms in total. The van der Waals surface area contributed by atoms with Gasteiger partial charge in [-0.1, -0.05) is 97.1 Å². The molecule has 0 spiro atoms. The maximum Gasteiger partial charge on any atom is 0.149 e. The van der Waals surface area contributed by atoms with Crippen LogP contribution in [-0.2, 0) is 0 Å². The first-order valence-electron chi connectivity index (χ1n) is 13.6. The number of fused-ring (bicyclic) bond motifs is 3. The van der Waals surface area contributed by atoms with Gasteiger partial charge in [0.15, 0.2) is 0 Å². The van der Waals surface area contributed by atoms with Crippen molar-refractivity contribution in [3.05, 3.63) is 146 Å². The first-order valence-corrected chi connectivity index (χ1v) is 13.6. The second kappa shape index (κ2) is 9.32. The summed E-state index contributed by atoms with van der Waals surface area (Å²) in [6.07, 6.45) is 1.77. The van der Waals surface area contributed by atoms with E-state index in [9.17, 15) is 4.39 Å². The van der Waals surface area contributed by atoms with Crippen molar-refractivity contribution >= 4 is 32.8 Å². The monoisotopic (exact) mass is 530 g/mol. The SMILES string of the molecule is Fc1ccc2cc3c(-c4nc5ccccc5n4-c4c(-c5ccccc5)cccc4-c4ccccc4)coc3cc2c1. The van der Waals surface area contributed by atoms with Gasteiger partial charge >= 0.3 is 0 Å². The van der Waals surface area contributed by atoms with Crippen LogP contribution in [-0.4, -0.2) is 9.55 Å². The molecule has 0 bridgehead atoms. The fraction of sp³-hybridized carbons (Fsp3) is 0. The molecule has 2 heterocycles. The van der Waals surface area contributed by atoms with Gasteiger partial charge in [-0.05, 0) is 58.3 Å². The summed E-state index contributed by atoms with van der Waals surface area (Å²) in [5.41, 5.74) is 8.95. The zero-order valence-electron chi connectivity index (χ0n) is 22.0. The third kappa shape index (κ3) is 3.84. The van der Waals surface area contributed by atoms with Gasteiger partial charge < -0.3 is 4.42 Å². The first kappa shape index (κ1) is 23.4. The lowest BCUT2D eigenvalue weighted by atomic mass is 9.95. The van der Waals surface area contributed by atoms with E-state index in [0.29, 0.717) is 5.58 Å². The Morgan fingerprint density at radius 1 is 0.585 bits per heavy atom. The van der Waals surface area contributed by atoms with Gasteiger partial charge in [-0.2, -0.15) is 0 Å². The number of hydrogen-bond donors (Lipinski definition) is 0. The van der Waals surface area contributed by atoms with Gasteiger partial charge in [-0.15, -0.1) is 0 Å². The standard InChI is InChI=1S/C37H23FN2O/c38-28-19-18-26-21-31-32(23-41-35(31)22-27(26)20-28)37-39-33-16-7-8-17-34(33)40(37)36-29(24-10-3-1-4-11-24)14-9-15-30(36)25-12-5-2-6-13-25/h1-23H. The molecule has 8 aromatic rings. The van der Waals surface area contributed by atoms with Crippen LogP contribution in [0.2, 0.25) is 0 Å². The van der Waals surface area contributed by atoms with Crippen LogP contribution in [0.5, 0.6) is 0 Å². The molecule has 194 valence electrons. The van der Waals surface area contributed by atoms with E-state index in [2.05, 4.69) is 83.4 Å². The van der Waals surface area contributed by atoms with E-state index in [0.717, 1.165) is 66.5 Å². The van der Waals surface area contributed by atoms with Crippen molar-refractivity contribution in [2.45, 2.75) is 0 Å². The van der Waals surface area contributed by atoms with Gasteiger partial charge in [0.1, 0.15) is 23.5 Å². The van der Waals surface area contributed by atoms with Crippen molar-refractivity contribution in [3.8, 4) is 39.3 Å². The molecule has 0 saturated carbocycles. The molecule has 0 radical (unpaired) electrons. The third-order valence-electron chi connectivity index (χ3n) is 7.73. The van der Waals surface area contributed by atoms with Gasteiger partial charge in [0.2, 0.25) is 0 Å². The second-order valence-corrected chi connectivity index (χ2v) is 10.2. The van der Waals surface area contributed by atoms with Crippen molar-refractivity contribution in [2.75, 3.05) is 0 Å². The summed E-state index contributed by atoms with van der Waals surface area (Å²) in [6, 6.07) is 44.4. The van der Waals surface area contributed by atoms with Crippen molar-refractivity contribution in [3.63, 3.8) is 0 Å². The Kier molecular flexibility index (Phi) is 5.32. The molecule has 0 amide bonds. The van der Waals surface area contributed by atoms with Gasteiger partial charge in [0, 0.05) is 16.5 Å². The fourth-order valence-electron chi connectivity index (χ4n) is 5.83. The molecule has 2 aromatic heterocycles. The lowest BCUT2D eigenvalue weighted by Crippen LogP contribution is -2.03. The summed E-state index contributed by atoms with van der Waals surface area (Å²) < 4.78 is 22.3. The summed E-state index contributed by atoms with van der Waals surface area (Å²) in [5.74, 6) is 0.517. The number of rotatable bonds is 4. The van der Waals surface area contributed by atoms with E-state index in [1.807, 2.05) is 42.5 Å². The fourth-order valence-corrected chi connectivity index (χ4v) is 5.83. The zero-order chi connectivity index (χ0) is 27.3. The van der Waals surface area contributed by atoms with Gasteiger partial charge in [-0.25, -0.2) is 9.37 Å². The molecule has 0 atom stereocenters. The molecular weight excluding hydrogens is 507 g/mol. The molecular formula is C37H23FN2O. The van der Waals surface area contributed by atoms with Crippen molar-refractivity contribution < 1.29 is 8.81 Å². The topological polar surface area (TPSA) is 31.0 Å². The maximum atomic E-state index is 14.0. The Morgan fingerprint density at radius 2 is 1.27 bits per heavy atom. The third-order valence-corrected chi connectivity index (χ3v) is 7.73. The van der Waals surface area contributed by atoms with Crippen LogP contribution in [0, 0.1) is 5.82 Å². The summed E-state index contributed by atoms with van der Waals surface area (Å²) in [4.78, 5) is 5.19. The summed E-state index contributed by atoms with van der Waals surface area (Å²) in [6.45, 7) is 0. The normalized spacial score (nSPS) is 11.5. The zero-order valence-corrected chi connectivity index (χ0v) is 22.0. The van der Waals surface area contributed by atoms with Gasteiger partial charge in [0.05, 0.1) is 22.3 Å². The predicted octanol–water partition coefficient (Wildman–Crippen LogP) is 10.1. The van der Waals surface area contributed by atoms with Crippen LogP contribution in [0.3, 0.4) is 0 Å². The minimum absolute atomic E-state index is 0.267. The summed E-state index contributed by atoms with van der Waals surface area (Å²) in [5, 5.41) is 2.67. The molecule has 6 aromatic carbocycles. The van der Waals surface area contributed by atoms with Crippen LogP contribution in [0.15, 0.2) is 144 Å². The highest BCUT2D eigenvalue weighted by Crippen LogP contribution is 2.42. The Labute approximate surface area is 235 Å². The molecule has 0 aliphatic rings. The molecule has 0 saturated heterocycles. The number of para-hydroxylation sites is 3. The number of nitrogens with zero attached hydrogens (tertiary/aromatic N) is 2. The minimum atomic E-state index is -0.267. The minimum Gasteiger partial charge on any atom is -0.464 e. The quantitative estimate of drug-likeness (QED) is 0.227. The number of furan rings is 1. The van der Waals surface area contributed by atoms with Crippen LogP contribution in [0.1, 0.15) is 0 Å². The van der Waals surface area contributed by atoms with Gasteiger partial charge in [0.25, 0.3) is 0 Å². The Hall–Kier alpha value is -5.48. The van der Waals surface area contributed by atoms with E-state index < -0.39 is 0 Å². The Balaban J connectivity index is 1.49. The van der Waals surface area contributed by atoms with Crippen LogP contribution < -0.4 is 0 Å². The van der Waals surface area contributed by atoms with Crippen LogP contribution >= 0.6 is 0 Å². The molecule has 4 heteroatoms. The van der Waals surface area contributed by atoms with E-state index in [-0.39, 0.29) is 5.82 Å². The Morgan fingerprint density at radius 3 is 2.00 bits per heavy atom. The average molecular weight is 531 g/mol. The molecule has 0 unspecified atom stereocenters. The lowest BCUT2D eigenvalue weighted by Gasteiger charge is -2.19. The van der Waals surface area contributed by atoms with Crippen LogP contribution in [0.25, 0.3) is 72.1 Å². The number of hydrogen-bond acceptors (Lipinski definition) is 2. The summed E-state index contributed by atoms with van der Waals surface area (Å²) >= 11 is 0. The van der Waals surface area contributed by atoms with Crippen molar-refractivity contribution in [2.24, 2.45) is 0 Å². The first-order chi connectivity index (χ1) is 20.2. The van der Waals surface area contributed by atoms with E-state index >= 15 is 0 Å². The summed E-state index contributed by atoms with van der Waals surface area (Å²) in [7, 11) is 0.